The molecule has 1 nitrogen and oxygen atoms in total. The Morgan fingerprint density at radius 1 is 1.05 bits per heavy atom. The summed E-state index contributed by atoms with van der Waals surface area (Å²) < 4.78 is 0. The van der Waals surface area contributed by atoms with Gasteiger partial charge in [0.15, 0.2) is 0 Å². The Balaban J connectivity index is 1.77. The minimum Gasteiger partial charge on any atom is -0.292 e. The van der Waals surface area contributed by atoms with Crippen LogP contribution in [-0.2, 0) is 6.54 Å². The Bertz CT molecular complexity index is 532. The summed E-state index contributed by atoms with van der Waals surface area (Å²) in [5.74, 6) is 0. The third-order valence-electron chi connectivity index (χ3n) is 4.02. The van der Waals surface area contributed by atoms with Gasteiger partial charge < -0.3 is 0 Å². The fourth-order valence-corrected chi connectivity index (χ4v) is 3.11. The van der Waals surface area contributed by atoms with Crippen molar-refractivity contribution in [2.24, 2.45) is 0 Å². The number of hydrogen-bond donors (Lipinski definition) is 0. The third-order valence-corrected chi connectivity index (χ3v) is 4.02. The number of rotatable bonds is 3. The second-order valence-electron chi connectivity index (χ2n) is 5.53. The second-order valence-corrected chi connectivity index (χ2v) is 5.53. The van der Waals surface area contributed by atoms with E-state index in [0.717, 1.165) is 6.54 Å². The molecular weight excluding hydrogens is 230 g/mol. The summed E-state index contributed by atoms with van der Waals surface area (Å²) in [6.07, 6.45) is 2.60. The summed E-state index contributed by atoms with van der Waals surface area (Å²) in [5, 5.41) is 0. The Labute approximate surface area is 115 Å². The third kappa shape index (κ3) is 2.87. The van der Waals surface area contributed by atoms with Gasteiger partial charge in [-0.15, -0.1) is 0 Å². The smallest absolute Gasteiger partial charge is 0.0352 e. The number of likely N-dealkylation sites (tertiary alicyclic amines) is 1. The van der Waals surface area contributed by atoms with Crippen LogP contribution in [-0.4, -0.2) is 11.4 Å². The Hall–Kier alpha value is -1.60. The lowest BCUT2D eigenvalue weighted by Crippen LogP contribution is -2.22. The van der Waals surface area contributed by atoms with Gasteiger partial charge in [0.05, 0.1) is 0 Å². The standard InChI is InChI=1S/C18H21N/c1-15-7-5-8-16(13-15)14-19-12-6-11-18(19)17-9-3-2-4-10-17/h2-5,7-10,13,18H,6,11-12,14H2,1H3. The van der Waals surface area contributed by atoms with Crippen molar-refractivity contribution in [2.45, 2.75) is 32.4 Å². The topological polar surface area (TPSA) is 3.24 Å². The molecule has 0 radical (unpaired) electrons. The molecule has 0 amide bonds. The molecule has 19 heavy (non-hydrogen) atoms. The minimum atomic E-state index is 0.599. The van der Waals surface area contributed by atoms with Gasteiger partial charge >= 0.3 is 0 Å². The molecule has 0 N–H and O–H groups in total. The zero-order valence-corrected chi connectivity index (χ0v) is 11.5. The molecule has 98 valence electrons. The molecule has 1 unspecified atom stereocenters. The number of benzene rings is 2. The highest BCUT2D eigenvalue weighted by Crippen LogP contribution is 2.32. The molecule has 0 aromatic heterocycles. The first-order valence-corrected chi connectivity index (χ1v) is 7.17. The van der Waals surface area contributed by atoms with E-state index in [4.69, 9.17) is 0 Å². The molecule has 2 aromatic carbocycles. The Kier molecular flexibility index (Phi) is 3.65. The van der Waals surface area contributed by atoms with Crippen LogP contribution in [0.5, 0.6) is 0 Å². The predicted molar refractivity (Wildman–Crippen MR) is 80.0 cm³/mol. The lowest BCUT2D eigenvalue weighted by Gasteiger charge is -2.25. The van der Waals surface area contributed by atoms with E-state index in [1.807, 2.05) is 0 Å². The molecule has 2 aromatic rings. The molecule has 0 spiro atoms. The average Bonchev–Trinajstić information content (AvgIpc) is 2.88. The van der Waals surface area contributed by atoms with Crippen molar-refractivity contribution in [3.05, 3.63) is 71.3 Å². The van der Waals surface area contributed by atoms with E-state index in [-0.39, 0.29) is 0 Å². The van der Waals surface area contributed by atoms with Crippen LogP contribution in [0.1, 0.15) is 35.6 Å². The van der Waals surface area contributed by atoms with Gasteiger partial charge in [-0.3, -0.25) is 4.90 Å². The molecule has 1 heterocycles. The second kappa shape index (κ2) is 5.58. The van der Waals surface area contributed by atoms with Crippen LogP contribution in [0.15, 0.2) is 54.6 Å². The molecule has 0 aliphatic carbocycles. The summed E-state index contributed by atoms with van der Waals surface area (Å²) in [7, 11) is 0. The van der Waals surface area contributed by atoms with E-state index in [9.17, 15) is 0 Å². The highest BCUT2D eigenvalue weighted by molar-refractivity contribution is 5.24. The van der Waals surface area contributed by atoms with Crippen molar-refractivity contribution in [3.8, 4) is 0 Å². The van der Waals surface area contributed by atoms with Gasteiger partial charge in [0.1, 0.15) is 0 Å². The van der Waals surface area contributed by atoms with Crippen molar-refractivity contribution in [3.63, 3.8) is 0 Å². The summed E-state index contributed by atoms with van der Waals surface area (Å²) in [4.78, 5) is 2.62. The highest BCUT2D eigenvalue weighted by atomic mass is 15.2. The monoisotopic (exact) mass is 251 g/mol. The first kappa shape index (κ1) is 12.4. The molecule has 1 heteroatoms. The van der Waals surface area contributed by atoms with Crippen LogP contribution in [0.3, 0.4) is 0 Å². The van der Waals surface area contributed by atoms with E-state index in [2.05, 4.69) is 66.4 Å². The number of nitrogens with zero attached hydrogens (tertiary/aromatic N) is 1. The van der Waals surface area contributed by atoms with Gasteiger partial charge in [-0.2, -0.15) is 0 Å². The summed E-state index contributed by atoms with van der Waals surface area (Å²) >= 11 is 0. The molecule has 1 aliphatic heterocycles. The molecule has 1 saturated heterocycles. The van der Waals surface area contributed by atoms with Crippen molar-refractivity contribution in [2.75, 3.05) is 6.54 Å². The fraction of sp³-hybridized carbons (Fsp3) is 0.333. The minimum absolute atomic E-state index is 0.599. The number of hydrogen-bond acceptors (Lipinski definition) is 1. The maximum atomic E-state index is 2.62. The van der Waals surface area contributed by atoms with Gasteiger partial charge in [0, 0.05) is 12.6 Å². The van der Waals surface area contributed by atoms with E-state index in [0.29, 0.717) is 6.04 Å². The van der Waals surface area contributed by atoms with Gasteiger partial charge in [-0.1, -0.05) is 60.2 Å². The van der Waals surface area contributed by atoms with E-state index in [1.165, 1.54) is 36.1 Å². The van der Waals surface area contributed by atoms with Gasteiger partial charge in [-0.05, 0) is 37.4 Å². The Morgan fingerprint density at radius 3 is 2.68 bits per heavy atom. The largest absolute Gasteiger partial charge is 0.292 e. The summed E-state index contributed by atoms with van der Waals surface area (Å²) in [6, 6.07) is 20.4. The van der Waals surface area contributed by atoms with Crippen LogP contribution in [0.25, 0.3) is 0 Å². The molecule has 1 aliphatic rings. The van der Waals surface area contributed by atoms with Gasteiger partial charge in [0.25, 0.3) is 0 Å². The fourth-order valence-electron chi connectivity index (χ4n) is 3.11. The maximum absolute atomic E-state index is 2.62. The summed E-state index contributed by atoms with van der Waals surface area (Å²) in [6.45, 7) is 4.46. The predicted octanol–water partition coefficient (Wildman–Crippen LogP) is 4.33. The van der Waals surface area contributed by atoms with E-state index in [1.54, 1.807) is 0 Å². The molecular formula is C18H21N. The first-order valence-electron chi connectivity index (χ1n) is 7.17. The lowest BCUT2D eigenvalue weighted by atomic mass is 10.0. The van der Waals surface area contributed by atoms with Crippen molar-refractivity contribution in [1.82, 2.24) is 4.90 Å². The van der Waals surface area contributed by atoms with Gasteiger partial charge in [-0.25, -0.2) is 0 Å². The van der Waals surface area contributed by atoms with Crippen LogP contribution in [0, 0.1) is 6.92 Å². The zero-order chi connectivity index (χ0) is 13.1. The van der Waals surface area contributed by atoms with Crippen molar-refractivity contribution in [1.29, 1.82) is 0 Å². The molecule has 1 atom stereocenters. The van der Waals surface area contributed by atoms with Crippen LogP contribution < -0.4 is 0 Å². The van der Waals surface area contributed by atoms with E-state index < -0.39 is 0 Å². The van der Waals surface area contributed by atoms with Crippen molar-refractivity contribution < 1.29 is 0 Å². The highest BCUT2D eigenvalue weighted by Gasteiger charge is 2.25. The molecule has 0 saturated carbocycles. The SMILES string of the molecule is Cc1cccc(CN2CCCC2c2ccccc2)c1. The number of aryl methyl sites for hydroxylation is 1. The first-order chi connectivity index (χ1) is 9.33. The van der Waals surface area contributed by atoms with Crippen molar-refractivity contribution >= 4 is 0 Å². The Morgan fingerprint density at radius 2 is 1.89 bits per heavy atom. The zero-order valence-electron chi connectivity index (χ0n) is 11.5. The average molecular weight is 251 g/mol. The molecule has 3 rings (SSSR count). The maximum Gasteiger partial charge on any atom is 0.0352 e. The van der Waals surface area contributed by atoms with Crippen LogP contribution >= 0.6 is 0 Å². The normalized spacial score (nSPS) is 19.7. The molecule has 0 bridgehead atoms. The lowest BCUT2D eigenvalue weighted by molar-refractivity contribution is 0.248. The van der Waals surface area contributed by atoms with E-state index >= 15 is 0 Å². The van der Waals surface area contributed by atoms with Crippen LogP contribution in [0.4, 0.5) is 0 Å². The van der Waals surface area contributed by atoms with Crippen LogP contribution in [0.2, 0.25) is 0 Å². The van der Waals surface area contributed by atoms with Gasteiger partial charge in [0.2, 0.25) is 0 Å². The molecule has 1 fully saturated rings. The summed E-state index contributed by atoms with van der Waals surface area (Å²) in [5.41, 5.74) is 4.25. The quantitative estimate of drug-likeness (QED) is 0.784.